The minimum Gasteiger partial charge on any atom is -0.383 e. The van der Waals surface area contributed by atoms with Gasteiger partial charge in [0.05, 0.1) is 12.6 Å². The lowest BCUT2D eigenvalue weighted by Gasteiger charge is -2.14. The first kappa shape index (κ1) is 10.2. The molecule has 0 aromatic carbocycles. The van der Waals surface area contributed by atoms with Gasteiger partial charge in [-0.05, 0) is 6.07 Å². The van der Waals surface area contributed by atoms with Crippen molar-refractivity contribution in [1.82, 2.24) is 9.97 Å². The zero-order valence-corrected chi connectivity index (χ0v) is 8.16. The Balaban J connectivity index is 2.46. The molecule has 1 unspecified atom stereocenters. The molecule has 0 aliphatic heterocycles. The molecule has 1 atom stereocenters. The molecule has 1 N–H and O–H groups in total. The average molecular weight is 202 g/mol. The molecule has 72 valence electrons. The lowest BCUT2D eigenvalue weighted by Crippen LogP contribution is -2.27. The minimum atomic E-state index is 0.0848. The van der Waals surface area contributed by atoms with Crippen molar-refractivity contribution >= 4 is 17.4 Å². The number of nitrogens with zero attached hydrogens (tertiary/aromatic N) is 2. The van der Waals surface area contributed by atoms with Gasteiger partial charge in [-0.1, -0.05) is 0 Å². The molecule has 0 radical (unpaired) electrons. The second kappa shape index (κ2) is 5.72. The van der Waals surface area contributed by atoms with Gasteiger partial charge in [0.1, 0.15) is 12.1 Å². The maximum absolute atomic E-state index is 5.71. The number of alkyl halides is 1. The summed E-state index contributed by atoms with van der Waals surface area (Å²) in [6.45, 7) is 0.563. The third-order valence-corrected chi connectivity index (χ3v) is 1.86. The number of methoxy groups -OCH3 is 1. The first-order valence-electron chi connectivity index (χ1n) is 3.94. The van der Waals surface area contributed by atoms with E-state index in [0.717, 1.165) is 5.82 Å². The van der Waals surface area contributed by atoms with E-state index in [-0.39, 0.29) is 6.04 Å². The van der Waals surface area contributed by atoms with E-state index in [4.69, 9.17) is 16.3 Å². The van der Waals surface area contributed by atoms with E-state index in [1.54, 1.807) is 19.4 Å². The number of nitrogens with one attached hydrogen (secondary N) is 1. The van der Waals surface area contributed by atoms with Crippen LogP contribution < -0.4 is 5.32 Å². The molecule has 0 bridgehead atoms. The standard InChI is InChI=1S/C8H12ClN3O/c1-13-5-7(4-9)12-8-2-3-10-6-11-8/h2-3,6-7H,4-5H2,1H3,(H,10,11,12). The Hall–Kier alpha value is -0.870. The second-order valence-electron chi connectivity index (χ2n) is 2.55. The van der Waals surface area contributed by atoms with Gasteiger partial charge < -0.3 is 10.1 Å². The summed E-state index contributed by atoms with van der Waals surface area (Å²) >= 11 is 5.71. The normalized spacial score (nSPS) is 12.5. The predicted molar refractivity (Wildman–Crippen MR) is 52.0 cm³/mol. The van der Waals surface area contributed by atoms with Crippen LogP contribution >= 0.6 is 11.6 Å². The molecule has 0 aliphatic carbocycles. The highest BCUT2D eigenvalue weighted by Crippen LogP contribution is 2.02. The number of ether oxygens (including phenoxy) is 1. The molecule has 0 saturated heterocycles. The van der Waals surface area contributed by atoms with E-state index in [2.05, 4.69) is 15.3 Å². The summed E-state index contributed by atoms with van der Waals surface area (Å²) < 4.78 is 4.98. The van der Waals surface area contributed by atoms with Crippen LogP contribution in [0.2, 0.25) is 0 Å². The molecule has 0 saturated carbocycles. The number of hydrogen-bond donors (Lipinski definition) is 1. The summed E-state index contributed by atoms with van der Waals surface area (Å²) in [6.07, 6.45) is 3.16. The molecule has 0 spiro atoms. The van der Waals surface area contributed by atoms with Crippen LogP contribution in [0.4, 0.5) is 5.82 Å². The van der Waals surface area contributed by atoms with Crippen LogP contribution in [0.3, 0.4) is 0 Å². The highest BCUT2D eigenvalue weighted by Gasteiger charge is 2.06. The maximum atomic E-state index is 5.71. The maximum Gasteiger partial charge on any atom is 0.129 e. The van der Waals surface area contributed by atoms with Gasteiger partial charge in [0, 0.05) is 19.2 Å². The smallest absolute Gasteiger partial charge is 0.129 e. The van der Waals surface area contributed by atoms with Crippen molar-refractivity contribution in [2.45, 2.75) is 6.04 Å². The SMILES string of the molecule is COCC(CCl)Nc1ccncn1. The van der Waals surface area contributed by atoms with Crippen LogP contribution in [0.25, 0.3) is 0 Å². The molecule has 5 heteroatoms. The third-order valence-electron chi connectivity index (χ3n) is 1.49. The monoisotopic (exact) mass is 201 g/mol. The molecule has 0 amide bonds. The van der Waals surface area contributed by atoms with Crippen molar-refractivity contribution in [3.05, 3.63) is 18.6 Å². The lowest BCUT2D eigenvalue weighted by atomic mass is 10.3. The van der Waals surface area contributed by atoms with Gasteiger partial charge in [0.2, 0.25) is 0 Å². The quantitative estimate of drug-likeness (QED) is 0.726. The van der Waals surface area contributed by atoms with Crippen LogP contribution in [-0.2, 0) is 4.74 Å². The summed E-state index contributed by atoms with van der Waals surface area (Å²) in [4.78, 5) is 7.82. The van der Waals surface area contributed by atoms with Crippen LogP contribution in [0.5, 0.6) is 0 Å². The van der Waals surface area contributed by atoms with Crippen molar-refractivity contribution < 1.29 is 4.74 Å². The van der Waals surface area contributed by atoms with E-state index >= 15 is 0 Å². The van der Waals surface area contributed by atoms with Gasteiger partial charge in [0.25, 0.3) is 0 Å². The number of hydrogen-bond acceptors (Lipinski definition) is 4. The Morgan fingerprint density at radius 2 is 2.54 bits per heavy atom. The van der Waals surface area contributed by atoms with Gasteiger partial charge >= 0.3 is 0 Å². The second-order valence-corrected chi connectivity index (χ2v) is 2.85. The largest absolute Gasteiger partial charge is 0.383 e. The van der Waals surface area contributed by atoms with Gasteiger partial charge in [0.15, 0.2) is 0 Å². The number of anilines is 1. The molecular formula is C8H12ClN3O. The molecule has 1 rings (SSSR count). The molecule has 0 fully saturated rings. The summed E-state index contributed by atoms with van der Waals surface area (Å²) in [5.41, 5.74) is 0. The topological polar surface area (TPSA) is 47.0 Å². The summed E-state index contributed by atoms with van der Waals surface area (Å²) in [7, 11) is 1.64. The highest BCUT2D eigenvalue weighted by atomic mass is 35.5. The Labute approximate surface area is 82.3 Å². The van der Waals surface area contributed by atoms with Crippen molar-refractivity contribution in [3.8, 4) is 0 Å². The van der Waals surface area contributed by atoms with Gasteiger partial charge in [-0.3, -0.25) is 0 Å². The zero-order chi connectivity index (χ0) is 9.52. The van der Waals surface area contributed by atoms with Crippen LogP contribution in [0.15, 0.2) is 18.6 Å². The van der Waals surface area contributed by atoms with Gasteiger partial charge in [-0.25, -0.2) is 9.97 Å². The van der Waals surface area contributed by atoms with Crippen LogP contribution in [0.1, 0.15) is 0 Å². The number of rotatable bonds is 5. The van der Waals surface area contributed by atoms with Crippen LogP contribution in [0, 0.1) is 0 Å². The molecule has 1 aromatic rings. The third kappa shape index (κ3) is 3.57. The summed E-state index contributed by atoms with van der Waals surface area (Å²) in [5, 5.41) is 3.12. The Bertz CT molecular complexity index is 232. The molecule has 1 aromatic heterocycles. The lowest BCUT2D eigenvalue weighted by molar-refractivity contribution is 0.191. The highest BCUT2D eigenvalue weighted by molar-refractivity contribution is 6.18. The molecule has 1 heterocycles. The number of halogens is 1. The van der Waals surface area contributed by atoms with E-state index < -0.39 is 0 Å². The summed E-state index contributed by atoms with van der Waals surface area (Å²) in [5.74, 6) is 1.25. The average Bonchev–Trinajstić information content (AvgIpc) is 2.19. The van der Waals surface area contributed by atoms with Crippen molar-refractivity contribution in [2.75, 3.05) is 24.9 Å². The van der Waals surface area contributed by atoms with E-state index in [1.165, 1.54) is 6.33 Å². The van der Waals surface area contributed by atoms with Gasteiger partial charge in [-0.15, -0.1) is 11.6 Å². The van der Waals surface area contributed by atoms with Crippen LogP contribution in [-0.4, -0.2) is 35.6 Å². The Morgan fingerprint density at radius 3 is 3.08 bits per heavy atom. The van der Waals surface area contributed by atoms with Crippen molar-refractivity contribution in [3.63, 3.8) is 0 Å². The van der Waals surface area contributed by atoms with E-state index in [1.807, 2.05) is 0 Å². The Morgan fingerprint density at radius 1 is 1.69 bits per heavy atom. The first-order valence-corrected chi connectivity index (χ1v) is 4.47. The number of aromatic nitrogens is 2. The fourth-order valence-electron chi connectivity index (χ4n) is 0.911. The van der Waals surface area contributed by atoms with Crippen molar-refractivity contribution in [1.29, 1.82) is 0 Å². The molecular weight excluding hydrogens is 190 g/mol. The fourth-order valence-corrected chi connectivity index (χ4v) is 1.08. The Kier molecular flexibility index (Phi) is 4.49. The van der Waals surface area contributed by atoms with E-state index in [9.17, 15) is 0 Å². The first-order chi connectivity index (χ1) is 6.36. The van der Waals surface area contributed by atoms with Gasteiger partial charge in [-0.2, -0.15) is 0 Å². The predicted octanol–water partition coefficient (Wildman–Crippen LogP) is 1.14. The van der Waals surface area contributed by atoms with E-state index in [0.29, 0.717) is 12.5 Å². The molecule has 13 heavy (non-hydrogen) atoms. The molecule has 4 nitrogen and oxygen atoms in total. The minimum absolute atomic E-state index is 0.0848. The fraction of sp³-hybridized carbons (Fsp3) is 0.500. The summed E-state index contributed by atoms with van der Waals surface area (Å²) in [6, 6.07) is 1.87. The molecule has 0 aliphatic rings. The zero-order valence-electron chi connectivity index (χ0n) is 7.40. The van der Waals surface area contributed by atoms with Crippen molar-refractivity contribution in [2.24, 2.45) is 0 Å².